The van der Waals surface area contributed by atoms with Gasteiger partial charge in [-0.2, -0.15) is 0 Å². The monoisotopic (exact) mass is 320 g/mol. The third-order valence-electron chi connectivity index (χ3n) is 2.51. The van der Waals surface area contributed by atoms with Gasteiger partial charge in [0.15, 0.2) is 6.10 Å². The van der Waals surface area contributed by atoms with Gasteiger partial charge in [0.05, 0.1) is 0 Å². The quantitative estimate of drug-likeness (QED) is 0.724. The second-order valence-corrected chi connectivity index (χ2v) is 4.69. The number of carbonyl (C=O) groups excluding carboxylic acids is 1. The van der Waals surface area contributed by atoms with Crippen molar-refractivity contribution >= 4 is 29.9 Å². The molecule has 0 heterocycles. The minimum Gasteiger partial charge on any atom is -0.481 e. The van der Waals surface area contributed by atoms with Gasteiger partial charge < -0.3 is 15.4 Å². The van der Waals surface area contributed by atoms with Crippen molar-refractivity contribution in [2.24, 2.45) is 0 Å². The number of hydrogen-bond donors (Lipinski definition) is 2. The molecule has 1 atom stereocenters. The third kappa shape index (κ3) is 7.58. The van der Waals surface area contributed by atoms with E-state index in [0.717, 1.165) is 19.5 Å². The fourth-order valence-electron chi connectivity index (χ4n) is 1.52. The summed E-state index contributed by atoms with van der Waals surface area (Å²) in [5.74, 6) is 0.470. The van der Waals surface area contributed by atoms with E-state index in [1.807, 2.05) is 0 Å². The molecule has 1 aromatic carbocycles. The molecule has 1 rings (SSSR count). The fraction of sp³-hybridized carbons (Fsp3) is 0.500. The van der Waals surface area contributed by atoms with E-state index in [-0.39, 0.29) is 18.3 Å². The van der Waals surface area contributed by atoms with Crippen LogP contribution in [0.2, 0.25) is 5.02 Å². The van der Waals surface area contributed by atoms with Crippen LogP contribution in [0.15, 0.2) is 24.3 Å². The van der Waals surface area contributed by atoms with Crippen molar-refractivity contribution in [1.82, 2.24) is 10.6 Å². The number of hydrogen-bond acceptors (Lipinski definition) is 3. The molecule has 6 heteroatoms. The van der Waals surface area contributed by atoms with E-state index in [4.69, 9.17) is 16.3 Å². The van der Waals surface area contributed by atoms with Crippen LogP contribution < -0.4 is 15.4 Å². The molecule has 0 aromatic heterocycles. The summed E-state index contributed by atoms with van der Waals surface area (Å²) in [6, 6.07) is 7.02. The van der Waals surface area contributed by atoms with Gasteiger partial charge in [0.2, 0.25) is 0 Å². The zero-order valence-corrected chi connectivity index (χ0v) is 13.4. The summed E-state index contributed by atoms with van der Waals surface area (Å²) < 4.78 is 5.52. The molecule has 2 N–H and O–H groups in total. The first-order valence-electron chi connectivity index (χ1n) is 6.54. The Hall–Kier alpha value is -0.970. The minimum atomic E-state index is -0.537. The molecule has 1 unspecified atom stereocenters. The van der Waals surface area contributed by atoms with Crippen LogP contribution >= 0.6 is 24.0 Å². The van der Waals surface area contributed by atoms with Crippen molar-refractivity contribution in [1.29, 1.82) is 0 Å². The zero-order chi connectivity index (χ0) is 14.1. The van der Waals surface area contributed by atoms with Gasteiger partial charge in [0, 0.05) is 18.1 Å². The number of amides is 1. The van der Waals surface area contributed by atoms with Crippen LogP contribution in [0.3, 0.4) is 0 Å². The van der Waals surface area contributed by atoms with Crippen LogP contribution in [-0.2, 0) is 4.79 Å². The van der Waals surface area contributed by atoms with Gasteiger partial charge in [0.25, 0.3) is 5.91 Å². The Balaban J connectivity index is 0.00000361. The molecule has 4 nitrogen and oxygen atoms in total. The topological polar surface area (TPSA) is 50.4 Å². The smallest absolute Gasteiger partial charge is 0.260 e. The van der Waals surface area contributed by atoms with Crippen molar-refractivity contribution in [3.8, 4) is 5.75 Å². The molecule has 20 heavy (non-hydrogen) atoms. The number of benzene rings is 1. The lowest BCUT2D eigenvalue weighted by Crippen LogP contribution is -2.39. The van der Waals surface area contributed by atoms with Crippen LogP contribution in [0.4, 0.5) is 0 Å². The second-order valence-electron chi connectivity index (χ2n) is 4.26. The summed E-state index contributed by atoms with van der Waals surface area (Å²) in [7, 11) is 0. The number of halogens is 2. The van der Waals surface area contributed by atoms with E-state index < -0.39 is 6.10 Å². The Morgan fingerprint density at radius 2 is 2.10 bits per heavy atom. The number of rotatable bonds is 8. The van der Waals surface area contributed by atoms with Crippen molar-refractivity contribution in [2.75, 3.05) is 19.6 Å². The third-order valence-corrected chi connectivity index (χ3v) is 2.74. The van der Waals surface area contributed by atoms with E-state index in [0.29, 0.717) is 17.3 Å². The van der Waals surface area contributed by atoms with Crippen molar-refractivity contribution in [2.45, 2.75) is 26.4 Å². The first-order valence-corrected chi connectivity index (χ1v) is 6.92. The summed E-state index contributed by atoms with van der Waals surface area (Å²) >= 11 is 5.85. The molecular formula is C14H22Cl2N2O2. The maximum atomic E-state index is 11.8. The molecule has 1 amide bonds. The first-order chi connectivity index (χ1) is 9.13. The predicted molar refractivity (Wildman–Crippen MR) is 85.0 cm³/mol. The highest BCUT2D eigenvalue weighted by molar-refractivity contribution is 6.30. The Bertz CT molecular complexity index is 403. The summed E-state index contributed by atoms with van der Waals surface area (Å²) in [6.45, 7) is 6.15. The van der Waals surface area contributed by atoms with E-state index >= 15 is 0 Å². The van der Waals surface area contributed by atoms with Gasteiger partial charge >= 0.3 is 0 Å². The molecular weight excluding hydrogens is 299 g/mol. The number of ether oxygens (including phenoxy) is 1. The first kappa shape index (κ1) is 19.0. The maximum absolute atomic E-state index is 11.8. The molecule has 0 bridgehead atoms. The molecule has 0 fully saturated rings. The minimum absolute atomic E-state index is 0. The fourth-order valence-corrected chi connectivity index (χ4v) is 1.70. The highest BCUT2D eigenvalue weighted by Crippen LogP contribution is 2.18. The summed E-state index contributed by atoms with van der Waals surface area (Å²) in [4.78, 5) is 11.8. The highest BCUT2D eigenvalue weighted by Gasteiger charge is 2.13. The Labute approximate surface area is 131 Å². The molecule has 114 valence electrons. The van der Waals surface area contributed by atoms with Gasteiger partial charge in [-0.3, -0.25) is 4.79 Å². The normalized spacial score (nSPS) is 11.3. The van der Waals surface area contributed by atoms with E-state index in [2.05, 4.69) is 17.6 Å². The average Bonchev–Trinajstić information content (AvgIpc) is 2.38. The van der Waals surface area contributed by atoms with Gasteiger partial charge in [0.1, 0.15) is 5.75 Å². The Morgan fingerprint density at radius 1 is 1.35 bits per heavy atom. The van der Waals surface area contributed by atoms with Gasteiger partial charge in [-0.25, -0.2) is 0 Å². The molecule has 0 aliphatic heterocycles. The average molecular weight is 321 g/mol. The highest BCUT2D eigenvalue weighted by atomic mass is 35.5. The molecule has 0 radical (unpaired) electrons. The molecule has 0 aliphatic carbocycles. The van der Waals surface area contributed by atoms with Crippen LogP contribution in [-0.4, -0.2) is 31.6 Å². The molecule has 0 spiro atoms. The zero-order valence-electron chi connectivity index (χ0n) is 11.8. The van der Waals surface area contributed by atoms with Crippen molar-refractivity contribution in [3.63, 3.8) is 0 Å². The molecule has 0 saturated heterocycles. The molecule has 0 aliphatic rings. The molecule has 1 aromatic rings. The Kier molecular flexibility index (Phi) is 10.3. The van der Waals surface area contributed by atoms with Crippen molar-refractivity contribution in [3.05, 3.63) is 29.3 Å². The summed E-state index contributed by atoms with van der Waals surface area (Å²) in [6.07, 6.45) is 0.548. The second kappa shape index (κ2) is 10.8. The van der Waals surface area contributed by atoms with Gasteiger partial charge in [-0.05, 0) is 38.1 Å². The van der Waals surface area contributed by atoms with Gasteiger partial charge in [-0.1, -0.05) is 24.6 Å². The van der Waals surface area contributed by atoms with Crippen LogP contribution in [0, 0.1) is 0 Å². The van der Waals surface area contributed by atoms with Crippen LogP contribution in [0.25, 0.3) is 0 Å². The SMILES string of the molecule is CCCNCCNC(=O)C(C)Oc1cccc(Cl)c1.Cl. The van der Waals surface area contributed by atoms with E-state index in [1.165, 1.54) is 0 Å². The van der Waals surface area contributed by atoms with Crippen LogP contribution in [0.5, 0.6) is 5.75 Å². The van der Waals surface area contributed by atoms with Crippen molar-refractivity contribution < 1.29 is 9.53 Å². The number of carbonyl (C=O) groups is 1. The van der Waals surface area contributed by atoms with E-state index in [9.17, 15) is 4.79 Å². The summed E-state index contributed by atoms with van der Waals surface area (Å²) in [5, 5.41) is 6.62. The lowest BCUT2D eigenvalue weighted by Gasteiger charge is -2.15. The van der Waals surface area contributed by atoms with E-state index in [1.54, 1.807) is 31.2 Å². The summed E-state index contributed by atoms with van der Waals surface area (Å²) in [5.41, 5.74) is 0. The largest absolute Gasteiger partial charge is 0.481 e. The Morgan fingerprint density at radius 3 is 2.75 bits per heavy atom. The standard InChI is InChI=1S/C14H21ClN2O2.ClH/c1-3-7-16-8-9-17-14(18)11(2)19-13-6-4-5-12(15)10-13;/h4-6,10-11,16H,3,7-9H2,1-2H3,(H,17,18);1H. The number of nitrogens with one attached hydrogen (secondary N) is 2. The molecule has 0 saturated carbocycles. The predicted octanol–water partition coefficient (Wildman–Crippen LogP) is 2.64. The van der Waals surface area contributed by atoms with Gasteiger partial charge in [-0.15, -0.1) is 12.4 Å². The van der Waals surface area contributed by atoms with Crippen LogP contribution in [0.1, 0.15) is 20.3 Å². The lowest BCUT2D eigenvalue weighted by atomic mass is 10.3. The maximum Gasteiger partial charge on any atom is 0.260 e. The lowest BCUT2D eigenvalue weighted by molar-refractivity contribution is -0.127.